The molecule has 0 aliphatic carbocycles. The molecule has 0 saturated heterocycles. The van der Waals surface area contributed by atoms with Crippen molar-refractivity contribution in [3.8, 4) is 22.5 Å². The molecule has 3 aromatic rings. The summed E-state index contributed by atoms with van der Waals surface area (Å²) in [6.45, 7) is 3.04. The van der Waals surface area contributed by atoms with Crippen LogP contribution in [0.15, 0.2) is 65.5 Å². The van der Waals surface area contributed by atoms with Crippen molar-refractivity contribution in [2.45, 2.75) is 19.9 Å². The quantitative estimate of drug-likeness (QED) is 0.383. The number of rotatable bonds is 4. The first-order chi connectivity index (χ1) is 11.6. The maximum atomic E-state index is 12.9. The van der Waals surface area contributed by atoms with E-state index in [1.165, 1.54) is 0 Å². The third kappa shape index (κ3) is 3.31. The molecule has 0 amide bonds. The second kappa shape index (κ2) is 7.82. The molecule has 0 fully saturated rings. The highest BCUT2D eigenvalue weighted by molar-refractivity contribution is 14.1. The van der Waals surface area contributed by atoms with Gasteiger partial charge in [0.15, 0.2) is 0 Å². The van der Waals surface area contributed by atoms with E-state index in [2.05, 4.69) is 80.9 Å². The van der Waals surface area contributed by atoms with Crippen molar-refractivity contribution in [1.29, 1.82) is 0 Å². The van der Waals surface area contributed by atoms with Crippen LogP contribution in [0, 0.1) is 7.14 Å². The predicted octanol–water partition coefficient (Wildman–Crippen LogP) is 5.80. The molecule has 0 bridgehead atoms. The average molecular weight is 541 g/mol. The Morgan fingerprint density at radius 1 is 0.792 bits per heavy atom. The van der Waals surface area contributed by atoms with Gasteiger partial charge in [-0.05, 0) is 62.7 Å². The first-order valence-corrected chi connectivity index (χ1v) is 10.0. The van der Waals surface area contributed by atoms with Crippen LogP contribution in [0.1, 0.15) is 13.3 Å². The lowest BCUT2D eigenvalue weighted by molar-refractivity contribution is 0.682. The molecule has 2 nitrogen and oxygen atoms in total. The topological polar surface area (TPSA) is 22.0 Å². The summed E-state index contributed by atoms with van der Waals surface area (Å²) in [6.07, 6.45) is 1.01. The van der Waals surface area contributed by atoms with E-state index >= 15 is 0 Å². The molecule has 0 spiro atoms. The Balaban J connectivity index is 2.42. The zero-order valence-corrected chi connectivity index (χ0v) is 17.6. The van der Waals surface area contributed by atoms with Crippen molar-refractivity contribution in [2.75, 3.05) is 0 Å². The Bertz CT molecular complexity index is 833. The van der Waals surface area contributed by atoms with Crippen molar-refractivity contribution in [3.63, 3.8) is 0 Å². The number of aromatic nitrogens is 1. The van der Waals surface area contributed by atoms with Crippen LogP contribution in [0.5, 0.6) is 0 Å². The number of hydrogen-bond acceptors (Lipinski definition) is 1. The molecule has 122 valence electrons. The first-order valence-electron chi connectivity index (χ1n) is 7.87. The molecule has 0 unspecified atom stereocenters. The number of nitrogens with zero attached hydrogens (tertiary/aromatic N) is 1. The smallest absolute Gasteiger partial charge is 0.209 e. The van der Waals surface area contributed by atoms with Gasteiger partial charge in [-0.2, -0.15) is 0 Å². The lowest BCUT2D eigenvalue weighted by Gasteiger charge is -2.21. The molecule has 24 heavy (non-hydrogen) atoms. The van der Waals surface area contributed by atoms with Crippen molar-refractivity contribution < 1.29 is 0 Å². The molecule has 1 heterocycles. The lowest BCUT2D eigenvalue weighted by Crippen LogP contribution is -2.21. The van der Waals surface area contributed by atoms with Crippen LogP contribution in [0.2, 0.25) is 0 Å². The van der Waals surface area contributed by atoms with Crippen LogP contribution in [0.25, 0.3) is 22.5 Å². The van der Waals surface area contributed by atoms with Crippen molar-refractivity contribution in [2.24, 2.45) is 0 Å². The average Bonchev–Trinajstić information content (AvgIpc) is 2.62. The van der Waals surface area contributed by atoms with Crippen molar-refractivity contribution in [3.05, 3.63) is 78.0 Å². The van der Waals surface area contributed by atoms with Crippen LogP contribution in [0.4, 0.5) is 0 Å². The summed E-state index contributed by atoms with van der Waals surface area (Å²) >= 11 is 4.39. The van der Waals surface area contributed by atoms with Gasteiger partial charge < -0.3 is 4.57 Å². The predicted molar refractivity (Wildman–Crippen MR) is 117 cm³/mol. The summed E-state index contributed by atoms with van der Waals surface area (Å²) < 4.78 is 3.88. The van der Waals surface area contributed by atoms with Crippen molar-refractivity contribution >= 4 is 45.2 Å². The molecule has 3 rings (SSSR count). The molecule has 0 saturated carbocycles. The van der Waals surface area contributed by atoms with Gasteiger partial charge >= 0.3 is 0 Å². The molecule has 4 heteroatoms. The minimum absolute atomic E-state index is 0.112. The fraction of sp³-hybridized carbons (Fsp3) is 0.150. The maximum absolute atomic E-state index is 12.9. The standard InChI is InChI=1S/C20H17I2NO/c1-2-13-23-18(14-9-5-3-6-10-14)16(21)20(24)17(22)19(23)15-11-7-4-8-12-15/h3-12H,2,13H2,1H3. The summed E-state index contributed by atoms with van der Waals surface area (Å²) in [7, 11) is 0. The van der Waals surface area contributed by atoms with E-state index in [0.29, 0.717) is 0 Å². The fourth-order valence-electron chi connectivity index (χ4n) is 2.86. The minimum Gasteiger partial charge on any atom is -0.339 e. The molecule has 0 N–H and O–H groups in total. The lowest BCUT2D eigenvalue weighted by atomic mass is 10.1. The van der Waals surface area contributed by atoms with E-state index in [1.807, 2.05) is 36.4 Å². The van der Waals surface area contributed by atoms with E-state index in [0.717, 1.165) is 42.6 Å². The first kappa shape index (κ1) is 17.7. The molecule has 0 atom stereocenters. The molecule has 2 aromatic carbocycles. The third-order valence-corrected chi connectivity index (χ3v) is 5.90. The van der Waals surface area contributed by atoms with E-state index in [-0.39, 0.29) is 5.43 Å². The second-order valence-electron chi connectivity index (χ2n) is 5.54. The molecular formula is C20H17I2NO. The number of pyridine rings is 1. The monoisotopic (exact) mass is 541 g/mol. The van der Waals surface area contributed by atoms with E-state index in [4.69, 9.17) is 0 Å². The summed E-state index contributed by atoms with van der Waals surface area (Å²) in [5.74, 6) is 0. The van der Waals surface area contributed by atoms with E-state index in [1.54, 1.807) is 0 Å². The van der Waals surface area contributed by atoms with Crippen LogP contribution in [-0.2, 0) is 6.54 Å². The number of hydrogen-bond donors (Lipinski definition) is 0. The molecule has 0 aliphatic heterocycles. The zero-order chi connectivity index (χ0) is 17.1. The Labute approximate surface area is 169 Å². The van der Waals surface area contributed by atoms with Gasteiger partial charge in [-0.25, -0.2) is 0 Å². The third-order valence-electron chi connectivity index (χ3n) is 3.90. The van der Waals surface area contributed by atoms with E-state index < -0.39 is 0 Å². The SMILES string of the molecule is CCCn1c(-c2ccccc2)c(I)c(=O)c(I)c1-c1ccccc1. The minimum atomic E-state index is 0.112. The fourth-order valence-corrected chi connectivity index (χ4v) is 5.13. The highest BCUT2D eigenvalue weighted by Gasteiger charge is 2.20. The Morgan fingerprint density at radius 3 is 1.58 bits per heavy atom. The van der Waals surface area contributed by atoms with Gasteiger partial charge in [0.2, 0.25) is 5.43 Å². The van der Waals surface area contributed by atoms with Crippen molar-refractivity contribution in [1.82, 2.24) is 4.57 Å². The van der Waals surface area contributed by atoms with Gasteiger partial charge in [-0.3, -0.25) is 4.79 Å². The largest absolute Gasteiger partial charge is 0.339 e. The molecular weight excluding hydrogens is 524 g/mol. The van der Waals surface area contributed by atoms with E-state index in [9.17, 15) is 4.79 Å². The maximum Gasteiger partial charge on any atom is 0.209 e. The summed E-state index contributed by atoms with van der Waals surface area (Å²) in [5.41, 5.74) is 4.31. The Hall–Kier alpha value is -1.15. The second-order valence-corrected chi connectivity index (χ2v) is 7.70. The van der Waals surface area contributed by atoms with Gasteiger partial charge in [0.05, 0.1) is 18.5 Å². The number of halogens is 2. The summed E-state index contributed by atoms with van der Waals surface area (Å²) in [6, 6.07) is 20.4. The molecule has 0 aliphatic rings. The molecule has 0 radical (unpaired) electrons. The van der Waals surface area contributed by atoms with Gasteiger partial charge in [0.25, 0.3) is 0 Å². The van der Waals surface area contributed by atoms with Crippen LogP contribution < -0.4 is 5.43 Å². The van der Waals surface area contributed by atoms with Gasteiger partial charge in [-0.1, -0.05) is 67.6 Å². The summed E-state index contributed by atoms with van der Waals surface area (Å²) in [5, 5.41) is 0. The van der Waals surface area contributed by atoms with Crippen LogP contribution in [0.3, 0.4) is 0 Å². The van der Waals surface area contributed by atoms with Crippen LogP contribution >= 0.6 is 45.2 Å². The Kier molecular flexibility index (Phi) is 5.76. The summed E-state index contributed by atoms with van der Waals surface area (Å²) in [4.78, 5) is 12.9. The van der Waals surface area contributed by atoms with Gasteiger partial charge in [-0.15, -0.1) is 0 Å². The highest BCUT2D eigenvalue weighted by Crippen LogP contribution is 2.32. The van der Waals surface area contributed by atoms with Crippen LogP contribution in [-0.4, -0.2) is 4.57 Å². The number of benzene rings is 2. The van der Waals surface area contributed by atoms with Gasteiger partial charge in [0, 0.05) is 6.54 Å². The normalized spacial score (nSPS) is 10.8. The van der Waals surface area contributed by atoms with Gasteiger partial charge in [0.1, 0.15) is 0 Å². The zero-order valence-electron chi connectivity index (χ0n) is 13.3. The Morgan fingerprint density at radius 2 is 1.21 bits per heavy atom. The highest BCUT2D eigenvalue weighted by atomic mass is 127. The molecule has 1 aromatic heterocycles.